The Morgan fingerprint density at radius 1 is 1.55 bits per heavy atom. The van der Waals surface area contributed by atoms with Gasteiger partial charge in [0, 0.05) is 18.0 Å². The third-order valence-corrected chi connectivity index (χ3v) is 6.10. The molecule has 2 aromatic rings. The Morgan fingerprint density at radius 3 is 3.05 bits per heavy atom. The number of nitrogens with zero attached hydrogens (tertiary/aromatic N) is 3. The van der Waals surface area contributed by atoms with Crippen molar-refractivity contribution in [1.82, 2.24) is 20.1 Å². The van der Waals surface area contributed by atoms with Gasteiger partial charge in [-0.05, 0) is 29.3 Å². The Kier molecular flexibility index (Phi) is 4.39. The van der Waals surface area contributed by atoms with Gasteiger partial charge in [0.25, 0.3) is 0 Å². The number of thiophene rings is 1. The number of nitrogens with one attached hydrogen (secondary N) is 1. The van der Waals surface area contributed by atoms with Gasteiger partial charge in [-0.1, -0.05) is 25.6 Å². The summed E-state index contributed by atoms with van der Waals surface area (Å²) >= 11 is 3.16. The predicted molar refractivity (Wildman–Crippen MR) is 88.7 cm³/mol. The zero-order valence-corrected chi connectivity index (χ0v) is 14.2. The monoisotopic (exact) mass is 337 g/mol. The van der Waals surface area contributed by atoms with Crippen molar-refractivity contribution in [3.05, 3.63) is 21.9 Å². The molecule has 0 unspecified atom stereocenters. The summed E-state index contributed by atoms with van der Waals surface area (Å²) in [5, 5.41) is 9.07. The number of nitrogen functional groups attached to an aromatic ring is 1. The molecule has 0 fully saturated rings. The summed E-state index contributed by atoms with van der Waals surface area (Å²) in [7, 11) is 0. The van der Waals surface area contributed by atoms with Crippen LogP contribution in [0.4, 0.5) is 5.95 Å². The van der Waals surface area contributed by atoms with Crippen molar-refractivity contribution < 1.29 is 4.79 Å². The van der Waals surface area contributed by atoms with E-state index in [2.05, 4.69) is 26.6 Å². The number of carbonyl (C=O) groups is 1. The van der Waals surface area contributed by atoms with Crippen molar-refractivity contribution in [2.45, 2.75) is 37.2 Å². The van der Waals surface area contributed by atoms with E-state index in [0.717, 1.165) is 13.0 Å². The molecule has 22 heavy (non-hydrogen) atoms. The first-order valence-electron chi connectivity index (χ1n) is 7.23. The van der Waals surface area contributed by atoms with Crippen LogP contribution in [-0.2, 0) is 17.8 Å². The minimum atomic E-state index is -0.199. The van der Waals surface area contributed by atoms with Gasteiger partial charge in [0.2, 0.25) is 17.0 Å². The van der Waals surface area contributed by atoms with Crippen LogP contribution in [0.2, 0.25) is 0 Å². The molecule has 0 spiro atoms. The number of nitrogens with two attached hydrogens (primary N) is 1. The molecule has 0 aliphatic carbocycles. The van der Waals surface area contributed by atoms with Gasteiger partial charge in [-0.3, -0.25) is 4.79 Å². The van der Waals surface area contributed by atoms with Crippen LogP contribution < -0.4 is 5.73 Å². The maximum atomic E-state index is 12.9. The summed E-state index contributed by atoms with van der Waals surface area (Å²) in [6, 6.07) is 2.12. The van der Waals surface area contributed by atoms with E-state index in [4.69, 9.17) is 5.73 Å². The van der Waals surface area contributed by atoms with Crippen LogP contribution in [0.1, 0.15) is 24.3 Å². The van der Waals surface area contributed by atoms with Gasteiger partial charge in [-0.2, -0.15) is 4.98 Å². The molecule has 3 heterocycles. The normalized spacial score (nSPS) is 15.9. The molecule has 0 aromatic carbocycles. The molecular formula is C14H19N5OS2. The molecule has 3 rings (SSSR count). The van der Waals surface area contributed by atoms with Crippen LogP contribution >= 0.6 is 23.1 Å². The first kappa shape index (κ1) is 15.4. The molecule has 0 saturated heterocycles. The smallest absolute Gasteiger partial charge is 0.236 e. The number of fused-ring (bicyclic) bond motifs is 1. The molecule has 1 aliphatic rings. The quantitative estimate of drug-likeness (QED) is 0.835. The predicted octanol–water partition coefficient (Wildman–Crippen LogP) is 2.15. The molecule has 0 saturated carbocycles. The van der Waals surface area contributed by atoms with E-state index >= 15 is 0 Å². The number of anilines is 1. The Bertz CT molecular complexity index is 666. The van der Waals surface area contributed by atoms with Crippen molar-refractivity contribution in [2.24, 2.45) is 5.92 Å². The zero-order valence-electron chi connectivity index (χ0n) is 12.6. The fourth-order valence-corrected chi connectivity index (χ4v) is 4.40. The SMILES string of the molecule is CC(C)[C@H](Sc1n[nH]c(N)n1)C(=O)N1CCc2sccc2C1. The number of aromatic nitrogens is 3. The first-order valence-corrected chi connectivity index (χ1v) is 8.99. The first-order chi connectivity index (χ1) is 10.5. The third-order valence-electron chi connectivity index (χ3n) is 3.68. The topological polar surface area (TPSA) is 87.9 Å². The molecule has 3 N–H and O–H groups in total. The van der Waals surface area contributed by atoms with Crippen molar-refractivity contribution in [3.8, 4) is 0 Å². The van der Waals surface area contributed by atoms with Crippen LogP contribution in [0.15, 0.2) is 16.6 Å². The van der Waals surface area contributed by atoms with E-state index in [1.807, 2.05) is 18.7 Å². The van der Waals surface area contributed by atoms with Crippen LogP contribution in [0.5, 0.6) is 0 Å². The van der Waals surface area contributed by atoms with Gasteiger partial charge in [0.15, 0.2) is 0 Å². The highest BCUT2D eigenvalue weighted by Crippen LogP contribution is 2.30. The fraction of sp³-hybridized carbons (Fsp3) is 0.500. The summed E-state index contributed by atoms with van der Waals surface area (Å²) in [6.07, 6.45) is 0.946. The molecule has 1 atom stereocenters. The van der Waals surface area contributed by atoms with Gasteiger partial charge >= 0.3 is 0 Å². The highest BCUT2D eigenvalue weighted by atomic mass is 32.2. The average Bonchev–Trinajstić information content (AvgIpc) is 3.11. The number of thioether (sulfide) groups is 1. The Morgan fingerprint density at radius 2 is 2.36 bits per heavy atom. The number of hydrogen-bond acceptors (Lipinski definition) is 6. The Hall–Kier alpha value is -1.54. The molecule has 1 aliphatic heterocycles. The number of H-pyrrole nitrogens is 1. The largest absolute Gasteiger partial charge is 0.368 e. The maximum absolute atomic E-state index is 12.9. The number of carbonyl (C=O) groups excluding carboxylic acids is 1. The van der Waals surface area contributed by atoms with Gasteiger partial charge in [0.05, 0.1) is 5.25 Å². The lowest BCUT2D eigenvalue weighted by molar-refractivity contribution is -0.132. The average molecular weight is 337 g/mol. The van der Waals surface area contributed by atoms with E-state index in [1.54, 1.807) is 11.3 Å². The highest BCUT2D eigenvalue weighted by Gasteiger charge is 2.31. The van der Waals surface area contributed by atoms with Crippen LogP contribution in [-0.4, -0.2) is 37.8 Å². The maximum Gasteiger partial charge on any atom is 0.236 e. The molecule has 1 amide bonds. The molecule has 2 aromatic heterocycles. The molecule has 0 bridgehead atoms. The van der Waals surface area contributed by atoms with E-state index in [9.17, 15) is 4.79 Å². The fourth-order valence-electron chi connectivity index (χ4n) is 2.51. The van der Waals surface area contributed by atoms with Crippen molar-refractivity contribution >= 4 is 35.0 Å². The second kappa shape index (κ2) is 6.29. The third kappa shape index (κ3) is 3.12. The lowest BCUT2D eigenvalue weighted by Gasteiger charge is -2.31. The van der Waals surface area contributed by atoms with E-state index in [0.29, 0.717) is 11.7 Å². The number of rotatable bonds is 4. The van der Waals surface area contributed by atoms with E-state index in [1.165, 1.54) is 22.2 Å². The van der Waals surface area contributed by atoms with Gasteiger partial charge < -0.3 is 10.6 Å². The summed E-state index contributed by atoms with van der Waals surface area (Å²) in [6.45, 7) is 5.58. The number of amides is 1. The Labute approximate surface area is 137 Å². The van der Waals surface area contributed by atoms with Gasteiger partial charge in [-0.25, -0.2) is 5.10 Å². The van der Waals surface area contributed by atoms with Crippen LogP contribution in [0.3, 0.4) is 0 Å². The van der Waals surface area contributed by atoms with E-state index < -0.39 is 0 Å². The van der Waals surface area contributed by atoms with Crippen LogP contribution in [0.25, 0.3) is 0 Å². The summed E-state index contributed by atoms with van der Waals surface area (Å²) < 4.78 is 0. The lowest BCUT2D eigenvalue weighted by Crippen LogP contribution is -2.42. The van der Waals surface area contributed by atoms with Gasteiger partial charge in [-0.15, -0.1) is 16.4 Å². The minimum Gasteiger partial charge on any atom is -0.368 e. The summed E-state index contributed by atoms with van der Waals surface area (Å²) in [4.78, 5) is 20.3. The molecular weight excluding hydrogens is 318 g/mol. The second-order valence-corrected chi connectivity index (χ2v) is 7.77. The molecule has 6 nitrogen and oxygen atoms in total. The molecule has 0 radical (unpaired) electrons. The second-order valence-electron chi connectivity index (χ2n) is 5.66. The molecule has 118 valence electrons. The number of hydrogen-bond donors (Lipinski definition) is 2. The minimum absolute atomic E-state index is 0.153. The van der Waals surface area contributed by atoms with Crippen LogP contribution in [0, 0.1) is 5.92 Å². The summed E-state index contributed by atoms with van der Waals surface area (Å²) in [5.74, 6) is 0.625. The standard InChI is InChI=1S/C14H19N5OS2/c1-8(2)11(22-14-16-13(15)17-18-14)12(20)19-5-3-10-9(7-19)4-6-21-10/h4,6,8,11H,3,5,7H2,1-2H3,(H3,15,16,17,18)/t11-/m0/s1. The molecule has 8 heteroatoms. The lowest BCUT2D eigenvalue weighted by atomic mass is 10.1. The van der Waals surface area contributed by atoms with E-state index in [-0.39, 0.29) is 23.0 Å². The van der Waals surface area contributed by atoms with Crippen molar-refractivity contribution in [3.63, 3.8) is 0 Å². The highest BCUT2D eigenvalue weighted by molar-refractivity contribution is 8.00. The van der Waals surface area contributed by atoms with Gasteiger partial charge in [0.1, 0.15) is 0 Å². The number of aromatic amines is 1. The van der Waals surface area contributed by atoms with Crippen molar-refractivity contribution in [2.75, 3.05) is 12.3 Å². The van der Waals surface area contributed by atoms with Crippen molar-refractivity contribution in [1.29, 1.82) is 0 Å². The Balaban J connectivity index is 1.73. The zero-order chi connectivity index (χ0) is 15.7. The summed E-state index contributed by atoms with van der Waals surface area (Å²) in [5.41, 5.74) is 6.83.